The number of aliphatic imine (C=N–C) groups is 1. The van der Waals surface area contributed by atoms with E-state index >= 15 is 0 Å². The van der Waals surface area contributed by atoms with Crippen molar-refractivity contribution in [1.82, 2.24) is 20.9 Å². The number of amidine groups is 1. The summed E-state index contributed by atoms with van der Waals surface area (Å²) in [7, 11) is 1.82. The Balaban J connectivity index is 0.00000652. The molecule has 0 heterocycles. The van der Waals surface area contributed by atoms with E-state index in [4.69, 9.17) is 0 Å². The van der Waals surface area contributed by atoms with Crippen molar-refractivity contribution >= 4 is 5.84 Å². The zero-order valence-corrected chi connectivity index (χ0v) is 35.4. The first-order valence-electron chi connectivity index (χ1n) is 20.1. The number of alkyl halides is 3. The normalized spacial score (nSPS) is 20.1. The summed E-state index contributed by atoms with van der Waals surface area (Å²) in [6, 6.07) is 0.804. The largest absolute Gasteiger partial charge is 0.573 e. The van der Waals surface area contributed by atoms with Crippen molar-refractivity contribution in [3.63, 3.8) is 0 Å². The number of halogens is 3. The lowest BCUT2D eigenvalue weighted by molar-refractivity contribution is -0.303. The summed E-state index contributed by atoms with van der Waals surface area (Å²) in [6.45, 7) is 29.9. The average molecular weight is 746 g/mol. The van der Waals surface area contributed by atoms with Crippen molar-refractivity contribution in [3.8, 4) is 11.8 Å². The molecule has 0 saturated carbocycles. The molecular weight excluding hydrogens is 672 g/mol. The molecule has 0 aromatic heterocycles. The Hall–Kier alpha value is -3.22. The highest BCUT2D eigenvalue weighted by Crippen LogP contribution is 2.42. The van der Waals surface area contributed by atoms with Crippen LogP contribution in [-0.4, -0.2) is 69.0 Å². The molecule has 0 radical (unpaired) electrons. The van der Waals surface area contributed by atoms with E-state index in [0.29, 0.717) is 18.0 Å². The van der Waals surface area contributed by atoms with Gasteiger partial charge in [0.15, 0.2) is 0 Å². The van der Waals surface area contributed by atoms with E-state index in [1.54, 1.807) is 6.08 Å². The minimum absolute atomic E-state index is 0.0185. The summed E-state index contributed by atoms with van der Waals surface area (Å²) in [4.78, 5) is 6.90. The number of nitrogens with one attached hydrogen (secondary N) is 3. The van der Waals surface area contributed by atoms with Crippen LogP contribution in [0.15, 0.2) is 76.2 Å². The molecule has 6 nitrogen and oxygen atoms in total. The van der Waals surface area contributed by atoms with Crippen molar-refractivity contribution in [3.05, 3.63) is 71.2 Å². The molecular formula is C44H74F3N5O. The van der Waals surface area contributed by atoms with Gasteiger partial charge in [-0.05, 0) is 83.2 Å². The molecule has 4 atom stereocenters. The van der Waals surface area contributed by atoms with Gasteiger partial charge in [0.25, 0.3) is 0 Å². The number of hydrogen-bond acceptors (Lipinski definition) is 5. The summed E-state index contributed by atoms with van der Waals surface area (Å²) in [6.07, 6.45) is 15.5. The Morgan fingerprint density at radius 2 is 1.79 bits per heavy atom. The standard InChI is InChI=1S/C40H62F3N5O.2C2H6/c1-10-12-13-20-37(35-18-14-19-36(33(35)7)39(8)24-15-17-34(23-25-39)49-40(41,42)43)45-26-16-27-48(11-2)29-31(5)21-22-38(44-9)46-28-32(6)47-30(3)4;2*1-2/h14,17-18,20-23,25,30-32,36,45,47H,10-13,16,19,26-29H2,1-9H3,(H,44,46);2*1-2H3/b22-21-,37-20+;;. The van der Waals surface area contributed by atoms with E-state index in [1.807, 2.05) is 41.7 Å². The van der Waals surface area contributed by atoms with Crippen LogP contribution in [0.25, 0.3) is 0 Å². The number of hydrogen-bond donors (Lipinski definition) is 3. The highest BCUT2D eigenvalue weighted by Gasteiger charge is 2.36. The van der Waals surface area contributed by atoms with Crippen LogP contribution in [0.3, 0.4) is 0 Å². The maximum atomic E-state index is 12.9. The Morgan fingerprint density at radius 1 is 1.09 bits per heavy atom. The number of rotatable bonds is 20. The Bertz CT molecular complexity index is 1310. The highest BCUT2D eigenvalue weighted by molar-refractivity contribution is 5.92. The summed E-state index contributed by atoms with van der Waals surface area (Å²) >= 11 is 0. The van der Waals surface area contributed by atoms with Crippen molar-refractivity contribution in [1.29, 1.82) is 0 Å². The topological polar surface area (TPSA) is 60.9 Å². The zero-order valence-electron chi connectivity index (χ0n) is 35.4. The fourth-order valence-corrected chi connectivity index (χ4v) is 6.28. The smallest absolute Gasteiger partial charge is 0.405 e. The maximum absolute atomic E-state index is 12.9. The van der Waals surface area contributed by atoms with Crippen molar-refractivity contribution in [2.75, 3.05) is 39.8 Å². The van der Waals surface area contributed by atoms with Gasteiger partial charge in [-0.1, -0.05) is 117 Å². The van der Waals surface area contributed by atoms with E-state index in [1.165, 1.54) is 17.7 Å². The number of unbranched alkanes of at least 4 members (excludes halogenated alkanes) is 2. The van der Waals surface area contributed by atoms with E-state index in [2.05, 4.69) is 121 Å². The summed E-state index contributed by atoms with van der Waals surface area (Å²) in [5.41, 5.74) is 2.81. The van der Waals surface area contributed by atoms with Gasteiger partial charge in [0.2, 0.25) is 0 Å². The van der Waals surface area contributed by atoms with Crippen LogP contribution in [0.1, 0.15) is 115 Å². The Morgan fingerprint density at radius 3 is 2.40 bits per heavy atom. The van der Waals surface area contributed by atoms with Crippen LogP contribution in [0.2, 0.25) is 0 Å². The van der Waals surface area contributed by atoms with Gasteiger partial charge in [0.05, 0.1) is 5.41 Å². The quantitative estimate of drug-likeness (QED) is 0.0501. The van der Waals surface area contributed by atoms with Gasteiger partial charge in [-0.25, -0.2) is 0 Å². The molecule has 9 heteroatoms. The van der Waals surface area contributed by atoms with Gasteiger partial charge in [-0.2, -0.15) is 0 Å². The van der Waals surface area contributed by atoms with Crippen LogP contribution >= 0.6 is 0 Å². The van der Waals surface area contributed by atoms with Crippen molar-refractivity contribution < 1.29 is 17.9 Å². The van der Waals surface area contributed by atoms with Gasteiger partial charge in [0.1, 0.15) is 11.6 Å². The van der Waals surface area contributed by atoms with Crippen LogP contribution in [0, 0.1) is 29.1 Å². The second-order valence-electron chi connectivity index (χ2n) is 13.7. The first-order valence-corrected chi connectivity index (χ1v) is 20.1. The molecule has 2 aliphatic carbocycles. The molecule has 4 unspecified atom stereocenters. The molecule has 302 valence electrons. The minimum atomic E-state index is -4.75. The van der Waals surface area contributed by atoms with Crippen LogP contribution in [0.4, 0.5) is 13.2 Å². The molecule has 0 fully saturated rings. The number of nitrogens with zero attached hydrogens (tertiary/aromatic N) is 2. The molecule has 53 heavy (non-hydrogen) atoms. The monoisotopic (exact) mass is 746 g/mol. The highest BCUT2D eigenvalue weighted by atomic mass is 19.4. The van der Waals surface area contributed by atoms with E-state index in [0.717, 1.165) is 81.9 Å². The number of allylic oxidation sites excluding steroid dienone is 7. The fourth-order valence-electron chi connectivity index (χ4n) is 6.28. The average Bonchev–Trinajstić information content (AvgIpc) is 3.30. The Kier molecular flexibility index (Phi) is 25.7. The van der Waals surface area contributed by atoms with Gasteiger partial charge < -0.3 is 25.6 Å². The third-order valence-electron chi connectivity index (χ3n) is 8.90. The summed E-state index contributed by atoms with van der Waals surface area (Å²) in [5.74, 6) is 7.05. The molecule has 0 aliphatic heterocycles. The molecule has 2 rings (SSSR count). The second kappa shape index (κ2) is 27.4. The van der Waals surface area contributed by atoms with Crippen molar-refractivity contribution in [2.24, 2.45) is 22.2 Å². The third-order valence-corrected chi connectivity index (χ3v) is 8.90. The molecule has 0 bridgehead atoms. The van der Waals surface area contributed by atoms with Gasteiger partial charge in [-0.3, -0.25) is 4.99 Å². The Labute approximate surface area is 322 Å². The van der Waals surface area contributed by atoms with E-state index < -0.39 is 11.8 Å². The third kappa shape index (κ3) is 20.2. The molecule has 0 aromatic carbocycles. The number of ether oxygens (including phenoxy) is 1. The maximum Gasteiger partial charge on any atom is 0.573 e. The fraction of sp³-hybridized carbons (Fsp3) is 0.659. The molecule has 0 aromatic rings. The van der Waals surface area contributed by atoms with Crippen molar-refractivity contribution in [2.45, 2.75) is 134 Å². The van der Waals surface area contributed by atoms with Gasteiger partial charge in [0, 0.05) is 56.5 Å². The zero-order chi connectivity index (χ0) is 40.5. The van der Waals surface area contributed by atoms with E-state index in [9.17, 15) is 13.2 Å². The molecule has 0 saturated heterocycles. The lowest BCUT2D eigenvalue weighted by Gasteiger charge is -2.34. The second-order valence-corrected chi connectivity index (χ2v) is 13.7. The molecule has 0 amide bonds. The molecule has 2 aliphatic rings. The van der Waals surface area contributed by atoms with Gasteiger partial charge in [-0.15, -0.1) is 13.2 Å². The predicted molar refractivity (Wildman–Crippen MR) is 223 cm³/mol. The van der Waals surface area contributed by atoms with Crippen LogP contribution in [-0.2, 0) is 4.74 Å². The predicted octanol–water partition coefficient (Wildman–Crippen LogP) is 10.5. The van der Waals surface area contributed by atoms with E-state index in [-0.39, 0.29) is 11.7 Å². The summed E-state index contributed by atoms with van der Waals surface area (Å²) in [5, 5.41) is 10.7. The first-order chi connectivity index (χ1) is 25.2. The lowest BCUT2D eigenvalue weighted by atomic mass is 9.69. The molecule has 0 spiro atoms. The SMILES string of the molecule is CC.CC.CCCC/C=C(/NCCCN(CC)CC(C)/C=C\C(=NC)NCC(C)NC(C)C)C1=C(C)C(C2(C)C#CC=C(OC(F)(F)F)C=C2)CC=C1. The minimum Gasteiger partial charge on any atom is -0.405 e. The van der Waals surface area contributed by atoms with Gasteiger partial charge >= 0.3 is 6.36 Å². The van der Waals surface area contributed by atoms with Crippen LogP contribution in [0.5, 0.6) is 0 Å². The lowest BCUT2D eigenvalue weighted by Crippen LogP contribution is -2.41. The first kappa shape index (κ1) is 49.8. The summed E-state index contributed by atoms with van der Waals surface area (Å²) < 4.78 is 42.7. The van der Waals surface area contributed by atoms with Crippen LogP contribution < -0.4 is 16.0 Å². The molecule has 3 N–H and O–H groups in total.